The molecule has 5 nitrogen and oxygen atoms in total. The third-order valence-electron chi connectivity index (χ3n) is 7.65. The molecule has 0 spiro atoms. The minimum atomic E-state index is -0.640. The van der Waals surface area contributed by atoms with Crippen LogP contribution in [0.15, 0.2) is 54.7 Å². The van der Waals surface area contributed by atoms with Crippen molar-refractivity contribution in [3.8, 4) is 5.75 Å². The highest BCUT2D eigenvalue weighted by Crippen LogP contribution is 2.30. The molecule has 1 aliphatic heterocycles. The van der Waals surface area contributed by atoms with Gasteiger partial charge in [-0.1, -0.05) is 24.3 Å². The highest BCUT2D eigenvalue weighted by atomic mass is 16.5. The van der Waals surface area contributed by atoms with Crippen LogP contribution in [-0.2, 0) is 17.6 Å². The molecular weight excluding hydrogens is 436 g/mol. The van der Waals surface area contributed by atoms with Gasteiger partial charge in [-0.05, 0) is 112 Å². The molecular formula is C30H38N2O3. The van der Waals surface area contributed by atoms with Crippen molar-refractivity contribution < 1.29 is 14.6 Å². The van der Waals surface area contributed by atoms with E-state index in [2.05, 4.69) is 53.2 Å². The summed E-state index contributed by atoms with van der Waals surface area (Å²) in [5, 5.41) is 11.1. The maximum Gasteiger partial charge on any atom is 0.308 e. The Bertz CT molecular complexity index is 1130. The Balaban J connectivity index is 1.26. The predicted molar refractivity (Wildman–Crippen MR) is 141 cm³/mol. The summed E-state index contributed by atoms with van der Waals surface area (Å²) < 4.78 is 5.39. The first-order valence-electron chi connectivity index (χ1n) is 13.0. The lowest BCUT2D eigenvalue weighted by Gasteiger charge is -2.36. The number of aliphatic carboxylic acids is 1. The first kappa shape index (κ1) is 25.2. The Labute approximate surface area is 209 Å². The van der Waals surface area contributed by atoms with Crippen molar-refractivity contribution in [3.63, 3.8) is 0 Å². The lowest BCUT2D eigenvalue weighted by molar-refractivity contribution is -0.146. The molecule has 5 heteroatoms. The lowest BCUT2D eigenvalue weighted by atomic mass is 9.81. The predicted octanol–water partition coefficient (Wildman–Crippen LogP) is 5.92. The van der Waals surface area contributed by atoms with Gasteiger partial charge in [-0.2, -0.15) is 0 Å². The van der Waals surface area contributed by atoms with Crippen LogP contribution >= 0.6 is 0 Å². The molecule has 2 aromatic carbocycles. The van der Waals surface area contributed by atoms with Crippen molar-refractivity contribution >= 4 is 16.9 Å². The number of hydrogen-bond acceptors (Lipinski definition) is 4. The Morgan fingerprint density at radius 3 is 2.71 bits per heavy atom. The zero-order valence-corrected chi connectivity index (χ0v) is 21.1. The number of ether oxygens (including phenoxy) is 1. The van der Waals surface area contributed by atoms with Gasteiger partial charge in [0.1, 0.15) is 5.75 Å². The first-order chi connectivity index (χ1) is 17.0. The van der Waals surface area contributed by atoms with Crippen molar-refractivity contribution in [3.05, 3.63) is 71.4 Å². The number of carbonyl (C=O) groups is 1. The molecule has 1 aliphatic rings. The second-order valence-corrected chi connectivity index (χ2v) is 9.92. The average Bonchev–Trinajstić information content (AvgIpc) is 2.88. The Hall–Kier alpha value is -2.92. The molecule has 0 amide bonds. The largest absolute Gasteiger partial charge is 0.497 e. The van der Waals surface area contributed by atoms with E-state index in [4.69, 9.17) is 4.74 Å². The van der Waals surface area contributed by atoms with E-state index in [9.17, 15) is 9.90 Å². The molecule has 1 saturated heterocycles. The summed E-state index contributed by atoms with van der Waals surface area (Å²) in [6, 6.07) is 16.6. The van der Waals surface area contributed by atoms with Gasteiger partial charge < -0.3 is 14.7 Å². The first-order valence-corrected chi connectivity index (χ1v) is 13.0. The molecule has 3 aromatic rings. The minimum Gasteiger partial charge on any atom is -0.497 e. The SMILES string of the molecule is COc1ccc2nccc(CCC[C@@H]3CCN(CCCCc4ccccc4C)C[C@@H]3C(=O)O)c2c1. The van der Waals surface area contributed by atoms with Crippen LogP contribution in [0.25, 0.3) is 10.9 Å². The van der Waals surface area contributed by atoms with E-state index in [0.29, 0.717) is 6.54 Å². The standard InChI is InChI=1S/C30H38N2O3/c1-22-8-3-4-9-23(22)10-5-6-18-32-19-16-25(28(21-32)30(33)34)12-7-11-24-15-17-31-29-14-13-26(35-2)20-27(24)29/h3-4,8-9,13-15,17,20,25,28H,5-7,10-12,16,18-19,21H2,1-2H3,(H,33,34)/t25-,28+/m1/s1. The smallest absolute Gasteiger partial charge is 0.308 e. The van der Waals surface area contributed by atoms with Gasteiger partial charge in [0.25, 0.3) is 0 Å². The maximum absolute atomic E-state index is 12.1. The van der Waals surface area contributed by atoms with E-state index in [1.807, 2.05) is 18.3 Å². The van der Waals surface area contributed by atoms with Crippen LogP contribution in [0.1, 0.15) is 48.8 Å². The number of aryl methyl sites for hydroxylation is 3. The van der Waals surface area contributed by atoms with Crippen LogP contribution in [0, 0.1) is 18.8 Å². The molecule has 35 heavy (non-hydrogen) atoms. The van der Waals surface area contributed by atoms with E-state index < -0.39 is 5.97 Å². The Morgan fingerprint density at radius 1 is 1.09 bits per heavy atom. The summed E-state index contributed by atoms with van der Waals surface area (Å²) >= 11 is 0. The summed E-state index contributed by atoms with van der Waals surface area (Å²) in [5.74, 6) is 0.176. The highest BCUT2D eigenvalue weighted by molar-refractivity contribution is 5.83. The number of aromatic nitrogens is 1. The number of carboxylic acid groups (broad SMARTS) is 1. The van der Waals surface area contributed by atoms with Gasteiger partial charge in [0.2, 0.25) is 0 Å². The van der Waals surface area contributed by atoms with Gasteiger partial charge in [0.05, 0.1) is 18.5 Å². The molecule has 0 saturated carbocycles. The van der Waals surface area contributed by atoms with Gasteiger partial charge in [-0.3, -0.25) is 9.78 Å². The molecule has 0 radical (unpaired) electrons. The van der Waals surface area contributed by atoms with Crippen LogP contribution < -0.4 is 4.74 Å². The lowest BCUT2D eigenvalue weighted by Crippen LogP contribution is -2.44. The molecule has 0 aliphatic carbocycles. The summed E-state index contributed by atoms with van der Waals surface area (Å²) in [6.45, 7) is 4.85. The number of rotatable bonds is 11. The van der Waals surface area contributed by atoms with Crippen molar-refractivity contribution in [2.75, 3.05) is 26.7 Å². The second kappa shape index (κ2) is 12.2. The molecule has 1 N–H and O–H groups in total. The summed E-state index contributed by atoms with van der Waals surface area (Å²) in [4.78, 5) is 18.9. The number of methoxy groups -OCH3 is 1. The molecule has 0 unspecified atom stereocenters. The number of hydrogen-bond donors (Lipinski definition) is 1. The van der Waals surface area contributed by atoms with E-state index in [1.165, 1.54) is 16.7 Å². The van der Waals surface area contributed by atoms with E-state index >= 15 is 0 Å². The average molecular weight is 475 g/mol. The summed E-state index contributed by atoms with van der Waals surface area (Å²) in [5.41, 5.74) is 5.02. The second-order valence-electron chi connectivity index (χ2n) is 9.92. The number of piperidine rings is 1. The maximum atomic E-state index is 12.1. The number of pyridine rings is 1. The summed E-state index contributed by atoms with van der Waals surface area (Å²) in [6.07, 6.45) is 9.06. The molecule has 2 atom stereocenters. The van der Waals surface area contributed by atoms with Gasteiger partial charge in [0, 0.05) is 18.1 Å². The monoisotopic (exact) mass is 474 g/mol. The normalized spacial score (nSPS) is 18.6. The van der Waals surface area contributed by atoms with E-state index in [1.54, 1.807) is 7.11 Å². The molecule has 2 heterocycles. The fourth-order valence-corrected chi connectivity index (χ4v) is 5.52. The van der Waals surface area contributed by atoms with Gasteiger partial charge >= 0.3 is 5.97 Å². The number of likely N-dealkylation sites (tertiary alicyclic amines) is 1. The third kappa shape index (κ3) is 6.61. The van der Waals surface area contributed by atoms with Crippen LogP contribution in [0.5, 0.6) is 5.75 Å². The van der Waals surface area contributed by atoms with Crippen LogP contribution in [-0.4, -0.2) is 47.7 Å². The Morgan fingerprint density at radius 2 is 1.91 bits per heavy atom. The summed E-state index contributed by atoms with van der Waals surface area (Å²) in [7, 11) is 1.68. The van der Waals surface area contributed by atoms with Crippen LogP contribution in [0.4, 0.5) is 0 Å². The van der Waals surface area contributed by atoms with Crippen molar-refractivity contribution in [2.24, 2.45) is 11.8 Å². The minimum absolute atomic E-state index is 0.248. The van der Waals surface area contributed by atoms with Crippen molar-refractivity contribution in [1.82, 2.24) is 9.88 Å². The quantitative estimate of drug-likeness (QED) is 0.350. The number of carboxylic acids is 1. The zero-order chi connectivity index (χ0) is 24.6. The highest BCUT2D eigenvalue weighted by Gasteiger charge is 2.33. The van der Waals surface area contributed by atoms with E-state index in [0.717, 1.165) is 74.7 Å². The van der Waals surface area contributed by atoms with Crippen molar-refractivity contribution in [2.45, 2.75) is 51.9 Å². The molecule has 1 fully saturated rings. The fourth-order valence-electron chi connectivity index (χ4n) is 5.52. The molecule has 4 rings (SSSR count). The number of benzene rings is 2. The molecule has 0 bridgehead atoms. The van der Waals surface area contributed by atoms with Crippen molar-refractivity contribution in [1.29, 1.82) is 0 Å². The number of fused-ring (bicyclic) bond motifs is 1. The third-order valence-corrected chi connectivity index (χ3v) is 7.65. The fraction of sp³-hybridized carbons (Fsp3) is 0.467. The van der Waals surface area contributed by atoms with Gasteiger partial charge in [0.15, 0.2) is 0 Å². The van der Waals surface area contributed by atoms with Crippen LogP contribution in [0.3, 0.4) is 0 Å². The number of unbranched alkanes of at least 4 members (excludes halogenated alkanes) is 1. The molecule has 1 aromatic heterocycles. The topological polar surface area (TPSA) is 62.7 Å². The van der Waals surface area contributed by atoms with Gasteiger partial charge in [-0.15, -0.1) is 0 Å². The number of nitrogens with zero attached hydrogens (tertiary/aromatic N) is 2. The molecule has 186 valence electrons. The van der Waals surface area contributed by atoms with Gasteiger partial charge in [-0.25, -0.2) is 0 Å². The van der Waals surface area contributed by atoms with Crippen LogP contribution in [0.2, 0.25) is 0 Å². The zero-order valence-electron chi connectivity index (χ0n) is 21.1. The Kier molecular flexibility index (Phi) is 8.75. The van der Waals surface area contributed by atoms with E-state index in [-0.39, 0.29) is 11.8 Å².